The fraction of sp³-hybridized carbons (Fsp3) is 0.294. The number of amides is 1. The van der Waals surface area contributed by atoms with Gasteiger partial charge >= 0.3 is 0 Å². The molecule has 0 fully saturated rings. The molecule has 22 heavy (non-hydrogen) atoms. The third-order valence-electron chi connectivity index (χ3n) is 3.50. The van der Waals surface area contributed by atoms with Gasteiger partial charge < -0.3 is 4.57 Å². The number of hydrogen-bond donors (Lipinski definition) is 1. The molecule has 0 saturated heterocycles. The molecule has 116 valence electrons. The zero-order valence-corrected chi connectivity index (χ0v) is 14.0. The van der Waals surface area contributed by atoms with Crippen molar-refractivity contribution in [1.82, 2.24) is 9.99 Å². The van der Waals surface area contributed by atoms with E-state index in [4.69, 9.17) is 11.6 Å². The first-order valence-electron chi connectivity index (χ1n) is 7.17. The summed E-state index contributed by atoms with van der Waals surface area (Å²) in [6.45, 7) is 8.39. The maximum atomic E-state index is 12.0. The highest BCUT2D eigenvalue weighted by molar-refractivity contribution is 6.30. The molecule has 0 saturated carbocycles. The van der Waals surface area contributed by atoms with E-state index in [0.29, 0.717) is 16.6 Å². The molecule has 2 aromatic rings. The SMILES string of the molecule is Cc1cc(/C=N\NC(=O)c2cccc(Cl)c2)c(C)n1C(C)C. The van der Waals surface area contributed by atoms with Gasteiger partial charge in [0.15, 0.2) is 0 Å². The summed E-state index contributed by atoms with van der Waals surface area (Å²) >= 11 is 5.87. The summed E-state index contributed by atoms with van der Waals surface area (Å²) in [7, 11) is 0. The lowest BCUT2D eigenvalue weighted by Gasteiger charge is -2.13. The molecule has 4 nitrogen and oxygen atoms in total. The van der Waals surface area contributed by atoms with Gasteiger partial charge in [0.1, 0.15) is 0 Å². The fourth-order valence-corrected chi connectivity index (χ4v) is 2.77. The third-order valence-corrected chi connectivity index (χ3v) is 3.73. The van der Waals surface area contributed by atoms with Crippen molar-refractivity contribution in [3.05, 3.63) is 57.9 Å². The van der Waals surface area contributed by atoms with E-state index in [1.54, 1.807) is 30.5 Å². The highest BCUT2D eigenvalue weighted by atomic mass is 35.5. The second-order valence-electron chi connectivity index (χ2n) is 5.50. The Balaban J connectivity index is 2.10. The van der Waals surface area contributed by atoms with Gasteiger partial charge in [-0.05, 0) is 52.0 Å². The predicted molar refractivity (Wildman–Crippen MR) is 90.8 cm³/mol. The lowest BCUT2D eigenvalue weighted by molar-refractivity contribution is 0.0955. The van der Waals surface area contributed by atoms with Crippen LogP contribution in [-0.2, 0) is 0 Å². The molecule has 0 bridgehead atoms. The van der Waals surface area contributed by atoms with E-state index >= 15 is 0 Å². The van der Waals surface area contributed by atoms with Crippen molar-refractivity contribution in [3.8, 4) is 0 Å². The van der Waals surface area contributed by atoms with Gasteiger partial charge in [-0.15, -0.1) is 0 Å². The average Bonchev–Trinajstić information content (AvgIpc) is 2.73. The van der Waals surface area contributed by atoms with E-state index in [9.17, 15) is 4.79 Å². The standard InChI is InChI=1S/C17H20ClN3O/c1-11(2)21-12(3)8-15(13(21)4)10-19-20-17(22)14-6-5-7-16(18)9-14/h5-11H,1-4H3,(H,20,22)/b19-10-. The predicted octanol–water partition coefficient (Wildman–Crippen LogP) is 4.10. The second kappa shape index (κ2) is 6.79. The maximum absolute atomic E-state index is 12.0. The first kappa shape index (κ1) is 16.3. The van der Waals surface area contributed by atoms with Crippen LogP contribution < -0.4 is 5.43 Å². The molecule has 0 unspecified atom stereocenters. The summed E-state index contributed by atoms with van der Waals surface area (Å²) in [6, 6.07) is 9.21. The number of hydrazone groups is 1. The van der Waals surface area contributed by atoms with E-state index < -0.39 is 0 Å². The first-order chi connectivity index (χ1) is 10.4. The molecule has 0 aliphatic carbocycles. The van der Waals surface area contributed by atoms with E-state index in [0.717, 1.165) is 11.3 Å². The molecule has 0 aliphatic rings. The minimum Gasteiger partial charge on any atom is -0.346 e. The van der Waals surface area contributed by atoms with Crippen LogP contribution in [-0.4, -0.2) is 16.7 Å². The zero-order valence-electron chi connectivity index (χ0n) is 13.2. The highest BCUT2D eigenvalue weighted by Gasteiger charge is 2.10. The van der Waals surface area contributed by atoms with Crippen molar-refractivity contribution < 1.29 is 4.79 Å². The van der Waals surface area contributed by atoms with Gasteiger partial charge in [0.2, 0.25) is 0 Å². The molecular formula is C17H20ClN3O. The Bertz CT molecular complexity index is 717. The van der Waals surface area contributed by atoms with Crippen LogP contribution in [0.3, 0.4) is 0 Å². The molecule has 0 radical (unpaired) electrons. The summed E-state index contributed by atoms with van der Waals surface area (Å²) in [6.07, 6.45) is 1.67. The number of rotatable bonds is 4. The van der Waals surface area contributed by atoms with E-state index in [1.165, 1.54) is 5.69 Å². The van der Waals surface area contributed by atoms with Gasteiger partial charge in [0.25, 0.3) is 5.91 Å². The van der Waals surface area contributed by atoms with Crippen molar-refractivity contribution in [2.45, 2.75) is 33.7 Å². The van der Waals surface area contributed by atoms with Gasteiger partial charge in [-0.2, -0.15) is 5.10 Å². The molecule has 1 heterocycles. The number of hydrogen-bond acceptors (Lipinski definition) is 2. The quantitative estimate of drug-likeness (QED) is 0.669. The largest absolute Gasteiger partial charge is 0.346 e. The molecule has 5 heteroatoms. The molecule has 1 amide bonds. The third kappa shape index (κ3) is 3.57. The molecule has 0 spiro atoms. The van der Waals surface area contributed by atoms with Crippen LogP contribution in [0.25, 0.3) is 0 Å². The van der Waals surface area contributed by atoms with Crippen molar-refractivity contribution in [1.29, 1.82) is 0 Å². The molecule has 1 aromatic carbocycles. The minimum atomic E-state index is -0.281. The smallest absolute Gasteiger partial charge is 0.271 e. The number of carbonyl (C=O) groups is 1. The number of carbonyl (C=O) groups excluding carboxylic acids is 1. The Morgan fingerprint density at radius 3 is 2.64 bits per heavy atom. The van der Waals surface area contributed by atoms with Crippen LogP contribution in [0.4, 0.5) is 0 Å². The fourth-order valence-electron chi connectivity index (χ4n) is 2.58. The molecule has 1 N–H and O–H groups in total. The van der Waals surface area contributed by atoms with Gasteiger partial charge in [-0.1, -0.05) is 17.7 Å². The van der Waals surface area contributed by atoms with Gasteiger partial charge in [-0.3, -0.25) is 4.79 Å². The van der Waals surface area contributed by atoms with Crippen LogP contribution in [0.5, 0.6) is 0 Å². The monoisotopic (exact) mass is 317 g/mol. The van der Waals surface area contributed by atoms with Crippen LogP contribution in [0.2, 0.25) is 5.02 Å². The summed E-state index contributed by atoms with van der Waals surface area (Å²) < 4.78 is 2.24. The highest BCUT2D eigenvalue weighted by Crippen LogP contribution is 2.18. The Morgan fingerprint density at radius 2 is 2.05 bits per heavy atom. The van der Waals surface area contributed by atoms with Gasteiger partial charge in [-0.25, -0.2) is 5.43 Å². The minimum absolute atomic E-state index is 0.281. The molecule has 0 aliphatic heterocycles. The lowest BCUT2D eigenvalue weighted by atomic mass is 10.2. The van der Waals surface area contributed by atoms with E-state index in [1.807, 2.05) is 6.92 Å². The average molecular weight is 318 g/mol. The summed E-state index contributed by atoms with van der Waals surface area (Å²) in [4.78, 5) is 12.0. The summed E-state index contributed by atoms with van der Waals surface area (Å²) in [5.74, 6) is -0.281. The van der Waals surface area contributed by atoms with Crippen molar-refractivity contribution in [2.24, 2.45) is 5.10 Å². The number of benzene rings is 1. The van der Waals surface area contributed by atoms with Crippen LogP contribution in [0.15, 0.2) is 35.4 Å². The van der Waals surface area contributed by atoms with E-state index in [2.05, 4.69) is 41.9 Å². The maximum Gasteiger partial charge on any atom is 0.271 e. The summed E-state index contributed by atoms with van der Waals surface area (Å²) in [5.41, 5.74) is 6.31. The van der Waals surface area contributed by atoms with Crippen molar-refractivity contribution in [3.63, 3.8) is 0 Å². The topological polar surface area (TPSA) is 46.4 Å². The zero-order chi connectivity index (χ0) is 16.3. The summed E-state index contributed by atoms with van der Waals surface area (Å²) in [5, 5.41) is 4.57. The molecular weight excluding hydrogens is 298 g/mol. The first-order valence-corrected chi connectivity index (χ1v) is 7.55. The molecule has 1 aromatic heterocycles. The number of nitrogens with one attached hydrogen (secondary N) is 1. The van der Waals surface area contributed by atoms with Crippen molar-refractivity contribution in [2.75, 3.05) is 0 Å². The lowest BCUT2D eigenvalue weighted by Crippen LogP contribution is -2.17. The second-order valence-corrected chi connectivity index (χ2v) is 5.94. The van der Waals surface area contributed by atoms with E-state index in [-0.39, 0.29) is 5.91 Å². The van der Waals surface area contributed by atoms with Crippen LogP contribution >= 0.6 is 11.6 Å². The Hall–Kier alpha value is -2.07. The Kier molecular flexibility index (Phi) is 5.03. The Labute approximate surface area is 135 Å². The number of aromatic nitrogens is 1. The number of halogens is 1. The van der Waals surface area contributed by atoms with Crippen molar-refractivity contribution >= 4 is 23.7 Å². The Morgan fingerprint density at radius 1 is 1.32 bits per heavy atom. The normalized spacial score (nSPS) is 11.4. The molecule has 0 atom stereocenters. The van der Waals surface area contributed by atoms with Gasteiger partial charge in [0, 0.05) is 33.6 Å². The number of aryl methyl sites for hydroxylation is 1. The van der Waals surface area contributed by atoms with Gasteiger partial charge in [0.05, 0.1) is 6.21 Å². The number of nitrogens with zero attached hydrogens (tertiary/aromatic N) is 2. The van der Waals surface area contributed by atoms with Crippen LogP contribution in [0, 0.1) is 13.8 Å². The molecule has 2 rings (SSSR count). The van der Waals surface area contributed by atoms with Crippen LogP contribution in [0.1, 0.15) is 47.2 Å².